The Kier molecular flexibility index (Phi) is 8.09. The molecule has 0 bridgehead atoms. The van der Waals surface area contributed by atoms with Gasteiger partial charge >= 0.3 is 0 Å². The Morgan fingerprint density at radius 1 is 1.10 bits per heavy atom. The number of para-hydroxylation sites is 1. The Labute approximate surface area is 233 Å². The monoisotopic (exact) mass is 548 g/mol. The van der Waals surface area contributed by atoms with Crippen LogP contribution >= 0.6 is 0 Å². The van der Waals surface area contributed by atoms with Crippen molar-refractivity contribution in [3.63, 3.8) is 0 Å². The third kappa shape index (κ3) is 5.55. The topological polar surface area (TPSA) is 104 Å². The first-order valence-corrected chi connectivity index (χ1v) is 14.2. The summed E-state index contributed by atoms with van der Waals surface area (Å²) >= 11 is 0. The van der Waals surface area contributed by atoms with Crippen LogP contribution in [-0.2, 0) is 11.2 Å². The zero-order chi connectivity index (χ0) is 28.3. The number of nitrogens with zero attached hydrogens (tertiary/aromatic N) is 1. The molecule has 8 nitrogen and oxygen atoms in total. The quantitative estimate of drug-likeness (QED) is 0.436. The van der Waals surface area contributed by atoms with Crippen molar-refractivity contribution in [2.45, 2.75) is 58.4 Å². The molecule has 1 fully saturated rings. The number of fused-ring (bicyclic) bond motifs is 2. The smallest absolute Gasteiger partial charge is 0.270 e. The minimum absolute atomic E-state index is 0.0135. The van der Waals surface area contributed by atoms with Crippen molar-refractivity contribution in [2.75, 3.05) is 26.2 Å². The summed E-state index contributed by atoms with van der Waals surface area (Å²) in [4.78, 5) is 45.0. The number of carbonyl (C=O) groups excluding carboxylic acids is 3. The van der Waals surface area contributed by atoms with Crippen LogP contribution in [-0.4, -0.2) is 59.9 Å². The molecule has 3 aromatic rings. The molecular formula is C31H37FN4O4. The number of halogens is 1. The molecular weight excluding hydrogens is 511 g/mol. The van der Waals surface area contributed by atoms with Crippen LogP contribution in [0.4, 0.5) is 4.39 Å². The van der Waals surface area contributed by atoms with Crippen molar-refractivity contribution in [3.05, 3.63) is 65.1 Å². The first-order chi connectivity index (χ1) is 19.3. The molecule has 212 valence electrons. The van der Waals surface area contributed by atoms with Crippen molar-refractivity contribution < 1.29 is 23.5 Å². The second kappa shape index (κ2) is 11.7. The number of H-pyrrole nitrogens is 1. The molecule has 0 aliphatic carbocycles. The molecule has 3 N–H and O–H groups in total. The number of benzene rings is 2. The van der Waals surface area contributed by atoms with Crippen LogP contribution < -0.4 is 15.4 Å². The van der Waals surface area contributed by atoms with Gasteiger partial charge in [0.15, 0.2) is 0 Å². The lowest BCUT2D eigenvalue weighted by Gasteiger charge is -2.41. The number of ether oxygens (including phenoxy) is 1. The highest BCUT2D eigenvalue weighted by atomic mass is 19.1. The van der Waals surface area contributed by atoms with Crippen LogP contribution in [0.15, 0.2) is 42.5 Å². The molecule has 3 amide bonds. The van der Waals surface area contributed by atoms with Gasteiger partial charge in [0, 0.05) is 30.5 Å². The lowest BCUT2D eigenvalue weighted by atomic mass is 9.73. The lowest BCUT2D eigenvalue weighted by molar-refractivity contribution is -0.135. The van der Waals surface area contributed by atoms with Crippen molar-refractivity contribution in [1.29, 1.82) is 0 Å². The number of aryl methyl sites for hydroxylation is 1. The molecule has 2 aliphatic heterocycles. The standard InChI is InChI=1S/C31H37FN4O4/c1-3-22-24-18-21(32)10-11-25(24)35-27(22)29(38)36-16-13-31(14-17-36)12-6-7-15-33-28(37)23-8-4-5-9-26(23)40-19-20(2)34-30(31)39/h4-5,8-11,18,20,35H,3,6-7,12-17,19H2,1-2H3,(H,33,37)(H,34,39)/t20-/m1/s1. The molecule has 1 saturated heterocycles. The van der Waals surface area contributed by atoms with E-state index in [0.29, 0.717) is 62.3 Å². The van der Waals surface area contributed by atoms with E-state index in [1.807, 2.05) is 19.9 Å². The predicted octanol–water partition coefficient (Wildman–Crippen LogP) is 4.59. The maximum Gasteiger partial charge on any atom is 0.270 e. The van der Waals surface area contributed by atoms with Crippen molar-refractivity contribution in [1.82, 2.24) is 20.5 Å². The van der Waals surface area contributed by atoms with Gasteiger partial charge < -0.3 is 25.3 Å². The van der Waals surface area contributed by atoms with E-state index in [4.69, 9.17) is 4.74 Å². The molecule has 1 aromatic heterocycles. The van der Waals surface area contributed by atoms with E-state index in [0.717, 1.165) is 29.3 Å². The molecule has 0 radical (unpaired) electrons. The second-order valence-corrected chi connectivity index (χ2v) is 11.0. The normalized spacial score (nSPS) is 20.3. The van der Waals surface area contributed by atoms with E-state index < -0.39 is 5.41 Å². The maximum atomic E-state index is 13.9. The van der Waals surface area contributed by atoms with Gasteiger partial charge in [0.1, 0.15) is 23.9 Å². The van der Waals surface area contributed by atoms with E-state index in [1.54, 1.807) is 29.2 Å². The molecule has 0 saturated carbocycles. The highest BCUT2D eigenvalue weighted by Gasteiger charge is 2.42. The van der Waals surface area contributed by atoms with Crippen molar-refractivity contribution in [2.24, 2.45) is 5.41 Å². The summed E-state index contributed by atoms with van der Waals surface area (Å²) in [5.74, 6) is -0.139. The SMILES string of the molecule is CCc1c(C(=O)N2CCC3(CCCCNC(=O)c4ccccc4OC[C@@H](C)NC3=O)CC2)[nH]c2ccc(F)cc12. The molecule has 9 heteroatoms. The van der Waals surface area contributed by atoms with E-state index in [9.17, 15) is 18.8 Å². The molecule has 5 rings (SSSR count). The van der Waals surface area contributed by atoms with Gasteiger partial charge in [-0.3, -0.25) is 14.4 Å². The van der Waals surface area contributed by atoms with Gasteiger partial charge in [0.2, 0.25) is 5.91 Å². The zero-order valence-electron chi connectivity index (χ0n) is 23.1. The minimum Gasteiger partial charge on any atom is -0.491 e. The van der Waals surface area contributed by atoms with E-state index in [-0.39, 0.29) is 36.2 Å². The molecule has 1 spiro atoms. The van der Waals surface area contributed by atoms with Gasteiger partial charge in [-0.05, 0) is 74.9 Å². The average molecular weight is 549 g/mol. The predicted molar refractivity (Wildman–Crippen MR) is 151 cm³/mol. The Hall–Kier alpha value is -3.88. The van der Waals surface area contributed by atoms with Gasteiger partial charge in [-0.15, -0.1) is 0 Å². The van der Waals surface area contributed by atoms with E-state index in [2.05, 4.69) is 15.6 Å². The Balaban J connectivity index is 1.30. The number of aromatic nitrogens is 1. The first-order valence-electron chi connectivity index (χ1n) is 14.2. The molecule has 0 unspecified atom stereocenters. The van der Waals surface area contributed by atoms with E-state index >= 15 is 0 Å². The highest BCUT2D eigenvalue weighted by molar-refractivity contribution is 6.01. The summed E-state index contributed by atoms with van der Waals surface area (Å²) in [6.07, 6.45) is 3.89. The Morgan fingerprint density at radius 3 is 2.65 bits per heavy atom. The summed E-state index contributed by atoms with van der Waals surface area (Å²) < 4.78 is 19.8. The fourth-order valence-corrected chi connectivity index (χ4v) is 5.96. The van der Waals surface area contributed by atoms with Crippen LogP contribution in [0, 0.1) is 11.2 Å². The first kappa shape index (κ1) is 27.7. The van der Waals surface area contributed by atoms with Gasteiger partial charge in [-0.1, -0.05) is 25.5 Å². The van der Waals surface area contributed by atoms with Gasteiger partial charge in [-0.25, -0.2) is 4.39 Å². The zero-order valence-corrected chi connectivity index (χ0v) is 23.1. The minimum atomic E-state index is -0.603. The molecule has 1 atom stereocenters. The number of carbonyl (C=O) groups is 3. The number of amides is 3. The van der Waals surface area contributed by atoms with Crippen LogP contribution in [0.3, 0.4) is 0 Å². The van der Waals surface area contributed by atoms with Crippen molar-refractivity contribution >= 4 is 28.6 Å². The fraction of sp³-hybridized carbons (Fsp3) is 0.452. The van der Waals surface area contributed by atoms with Crippen molar-refractivity contribution in [3.8, 4) is 5.75 Å². The molecule has 40 heavy (non-hydrogen) atoms. The van der Waals surface area contributed by atoms with Crippen LogP contribution in [0.25, 0.3) is 10.9 Å². The summed E-state index contributed by atoms with van der Waals surface area (Å²) in [7, 11) is 0. The number of hydrogen-bond donors (Lipinski definition) is 3. The average Bonchev–Trinajstić information content (AvgIpc) is 3.33. The lowest BCUT2D eigenvalue weighted by Crippen LogP contribution is -2.52. The second-order valence-electron chi connectivity index (χ2n) is 11.0. The van der Waals surface area contributed by atoms with Crippen LogP contribution in [0.1, 0.15) is 72.4 Å². The number of hydrogen-bond acceptors (Lipinski definition) is 4. The molecule has 2 aromatic carbocycles. The third-order valence-corrected chi connectivity index (χ3v) is 8.29. The van der Waals surface area contributed by atoms with Crippen LogP contribution in [0.5, 0.6) is 5.75 Å². The summed E-state index contributed by atoms with van der Waals surface area (Å²) in [6.45, 7) is 5.50. The molecule has 3 heterocycles. The largest absolute Gasteiger partial charge is 0.491 e. The number of nitrogens with one attached hydrogen (secondary N) is 3. The number of likely N-dealkylation sites (tertiary alicyclic amines) is 1. The van der Waals surface area contributed by atoms with Gasteiger partial charge in [0.05, 0.1) is 17.0 Å². The van der Waals surface area contributed by atoms with Gasteiger partial charge in [0.25, 0.3) is 11.8 Å². The number of piperidine rings is 1. The Bertz CT molecular complexity index is 1410. The van der Waals surface area contributed by atoms with Gasteiger partial charge in [-0.2, -0.15) is 0 Å². The maximum absolute atomic E-state index is 13.9. The summed E-state index contributed by atoms with van der Waals surface area (Å²) in [6, 6.07) is 11.4. The molecule has 2 aliphatic rings. The Morgan fingerprint density at radius 2 is 1.88 bits per heavy atom. The van der Waals surface area contributed by atoms with Crippen LogP contribution in [0.2, 0.25) is 0 Å². The van der Waals surface area contributed by atoms with E-state index in [1.165, 1.54) is 12.1 Å². The number of rotatable bonds is 2. The summed E-state index contributed by atoms with van der Waals surface area (Å²) in [5.41, 5.74) is 1.93. The summed E-state index contributed by atoms with van der Waals surface area (Å²) in [5, 5.41) is 6.85. The fourth-order valence-electron chi connectivity index (χ4n) is 5.96. The highest BCUT2D eigenvalue weighted by Crippen LogP contribution is 2.38. The number of aromatic amines is 1. The third-order valence-electron chi connectivity index (χ3n) is 8.29.